The molecule has 130 valence electrons. The first-order valence-electron chi connectivity index (χ1n) is 7.69. The highest BCUT2D eigenvalue weighted by Gasteiger charge is 2.09. The van der Waals surface area contributed by atoms with E-state index in [0.717, 1.165) is 11.3 Å². The van der Waals surface area contributed by atoms with Crippen LogP contribution in [0.1, 0.15) is 12.6 Å². The van der Waals surface area contributed by atoms with Crippen LogP contribution in [0.5, 0.6) is 0 Å². The molecule has 0 spiro atoms. The molecule has 1 aromatic carbocycles. The summed E-state index contributed by atoms with van der Waals surface area (Å²) in [5.41, 5.74) is 1.65. The lowest BCUT2D eigenvalue weighted by Crippen LogP contribution is -2.39. The molecule has 0 radical (unpaired) electrons. The molecule has 0 atom stereocenters. The molecule has 0 fully saturated rings. The van der Waals surface area contributed by atoms with Crippen molar-refractivity contribution >= 4 is 15.8 Å². The summed E-state index contributed by atoms with van der Waals surface area (Å²) in [6.45, 7) is 2.37. The van der Waals surface area contributed by atoms with Gasteiger partial charge >= 0.3 is 0 Å². The van der Waals surface area contributed by atoms with Gasteiger partial charge in [-0.25, -0.2) is 13.4 Å². The van der Waals surface area contributed by atoms with Gasteiger partial charge in [0.05, 0.1) is 18.0 Å². The highest BCUT2D eigenvalue weighted by atomic mass is 32.2. The van der Waals surface area contributed by atoms with Crippen LogP contribution in [0.15, 0.2) is 46.0 Å². The number of oxazole rings is 1. The number of nitrogens with one attached hydrogen (secondary N) is 2. The minimum absolute atomic E-state index is 0.0757. The van der Waals surface area contributed by atoms with E-state index in [0.29, 0.717) is 24.9 Å². The predicted molar refractivity (Wildman–Crippen MR) is 94.5 cm³/mol. The summed E-state index contributed by atoms with van der Waals surface area (Å²) in [6, 6.07) is 9.64. The van der Waals surface area contributed by atoms with Gasteiger partial charge in [0.2, 0.25) is 5.89 Å². The lowest BCUT2D eigenvalue weighted by atomic mass is 10.2. The molecule has 8 heteroatoms. The topological polar surface area (TPSA) is 96.6 Å². The van der Waals surface area contributed by atoms with E-state index < -0.39 is 9.84 Å². The van der Waals surface area contributed by atoms with E-state index in [2.05, 4.69) is 20.6 Å². The van der Waals surface area contributed by atoms with Crippen molar-refractivity contribution in [1.82, 2.24) is 15.6 Å². The Kier molecular flexibility index (Phi) is 6.36. The number of guanidine groups is 1. The number of benzene rings is 1. The lowest BCUT2D eigenvalue weighted by molar-refractivity contribution is 0.572. The molecule has 0 saturated heterocycles. The number of hydrogen-bond donors (Lipinski definition) is 2. The van der Waals surface area contributed by atoms with Gasteiger partial charge in [0.1, 0.15) is 6.26 Å². The third-order valence-electron chi connectivity index (χ3n) is 3.38. The van der Waals surface area contributed by atoms with E-state index in [9.17, 15) is 8.42 Å². The summed E-state index contributed by atoms with van der Waals surface area (Å²) in [5.74, 6) is 1.30. The van der Waals surface area contributed by atoms with Crippen molar-refractivity contribution in [2.24, 2.45) is 4.99 Å². The summed E-state index contributed by atoms with van der Waals surface area (Å²) in [6.07, 6.45) is 1.59. The molecule has 2 N–H and O–H groups in total. The quantitative estimate of drug-likeness (QED) is 0.579. The Labute approximate surface area is 142 Å². The van der Waals surface area contributed by atoms with Gasteiger partial charge in [0.25, 0.3) is 0 Å². The van der Waals surface area contributed by atoms with Crippen molar-refractivity contribution in [3.05, 3.63) is 42.3 Å². The standard InChI is InChI=1S/C16H22N4O3S/c1-3-24(21,22)10-9-18-16(17-2)19-11-14-12-23-15(20-14)13-7-5-4-6-8-13/h4-8,12H,3,9-11H2,1-2H3,(H2,17,18,19). The van der Waals surface area contributed by atoms with Gasteiger partial charge in [0.15, 0.2) is 15.8 Å². The van der Waals surface area contributed by atoms with Crippen molar-refractivity contribution in [3.63, 3.8) is 0 Å². The summed E-state index contributed by atoms with van der Waals surface area (Å²) in [4.78, 5) is 8.47. The molecule has 0 unspecified atom stereocenters. The Bertz CT molecular complexity index is 770. The second-order valence-corrected chi connectivity index (χ2v) is 7.57. The summed E-state index contributed by atoms with van der Waals surface area (Å²) in [7, 11) is -1.36. The molecule has 0 amide bonds. The molecule has 0 saturated carbocycles. The van der Waals surface area contributed by atoms with Crippen molar-refractivity contribution < 1.29 is 12.8 Å². The summed E-state index contributed by atoms with van der Waals surface area (Å²) in [5, 5.41) is 6.05. The molecule has 1 aromatic heterocycles. The summed E-state index contributed by atoms with van der Waals surface area (Å²) < 4.78 is 28.4. The highest BCUT2D eigenvalue weighted by Crippen LogP contribution is 2.17. The normalized spacial score (nSPS) is 12.2. The van der Waals surface area contributed by atoms with E-state index in [1.165, 1.54) is 0 Å². The van der Waals surface area contributed by atoms with Crippen LogP contribution >= 0.6 is 0 Å². The Morgan fingerprint density at radius 1 is 1.25 bits per heavy atom. The van der Waals surface area contributed by atoms with Crippen LogP contribution in [-0.2, 0) is 16.4 Å². The zero-order valence-corrected chi connectivity index (χ0v) is 14.6. The Morgan fingerprint density at radius 3 is 2.67 bits per heavy atom. The summed E-state index contributed by atoms with van der Waals surface area (Å²) >= 11 is 0. The average Bonchev–Trinajstić information content (AvgIpc) is 3.07. The SMILES string of the molecule is CCS(=O)(=O)CCNC(=NC)NCc1coc(-c2ccccc2)n1. The van der Waals surface area contributed by atoms with E-state index in [1.807, 2.05) is 30.3 Å². The number of sulfone groups is 1. The van der Waals surface area contributed by atoms with Crippen LogP contribution in [0, 0.1) is 0 Å². The second kappa shape index (κ2) is 8.49. The molecule has 2 aromatic rings. The van der Waals surface area contributed by atoms with Crippen LogP contribution in [-0.4, -0.2) is 44.5 Å². The van der Waals surface area contributed by atoms with E-state index in [-0.39, 0.29) is 11.5 Å². The van der Waals surface area contributed by atoms with Crippen molar-refractivity contribution in [3.8, 4) is 11.5 Å². The maximum Gasteiger partial charge on any atom is 0.226 e. The van der Waals surface area contributed by atoms with Crippen molar-refractivity contribution in [1.29, 1.82) is 0 Å². The lowest BCUT2D eigenvalue weighted by Gasteiger charge is -2.10. The average molecular weight is 350 g/mol. The minimum Gasteiger partial charge on any atom is -0.444 e. The predicted octanol–water partition coefficient (Wildman–Crippen LogP) is 1.44. The second-order valence-electron chi connectivity index (χ2n) is 5.10. The van der Waals surface area contributed by atoms with Gasteiger partial charge in [-0.3, -0.25) is 4.99 Å². The molecule has 2 rings (SSSR count). The third-order valence-corrected chi connectivity index (χ3v) is 5.08. The van der Waals surface area contributed by atoms with E-state index in [4.69, 9.17) is 4.42 Å². The zero-order valence-electron chi connectivity index (χ0n) is 13.8. The largest absolute Gasteiger partial charge is 0.444 e. The number of rotatable bonds is 7. The van der Waals surface area contributed by atoms with Crippen LogP contribution in [0.2, 0.25) is 0 Å². The first-order valence-corrected chi connectivity index (χ1v) is 9.51. The molecule has 24 heavy (non-hydrogen) atoms. The number of aromatic nitrogens is 1. The maximum absolute atomic E-state index is 11.5. The smallest absolute Gasteiger partial charge is 0.226 e. The highest BCUT2D eigenvalue weighted by molar-refractivity contribution is 7.91. The van der Waals surface area contributed by atoms with Crippen molar-refractivity contribution in [2.45, 2.75) is 13.5 Å². The Morgan fingerprint density at radius 2 is 2.00 bits per heavy atom. The first kappa shape index (κ1) is 18.0. The minimum atomic E-state index is -2.99. The van der Waals surface area contributed by atoms with Crippen LogP contribution in [0.4, 0.5) is 0 Å². The van der Waals surface area contributed by atoms with Crippen LogP contribution < -0.4 is 10.6 Å². The van der Waals surface area contributed by atoms with Gasteiger partial charge in [-0.1, -0.05) is 25.1 Å². The van der Waals surface area contributed by atoms with Crippen LogP contribution in [0.3, 0.4) is 0 Å². The van der Waals surface area contributed by atoms with Gasteiger partial charge in [-0.2, -0.15) is 0 Å². The number of hydrogen-bond acceptors (Lipinski definition) is 5. The molecule has 0 bridgehead atoms. The van der Waals surface area contributed by atoms with Crippen LogP contribution in [0.25, 0.3) is 11.5 Å². The molecule has 7 nitrogen and oxygen atoms in total. The Hall–Kier alpha value is -2.35. The fourth-order valence-electron chi connectivity index (χ4n) is 1.97. The fraction of sp³-hybridized carbons (Fsp3) is 0.375. The number of nitrogens with zero attached hydrogens (tertiary/aromatic N) is 2. The number of aliphatic imine (C=N–C) groups is 1. The van der Waals surface area contributed by atoms with Gasteiger partial charge < -0.3 is 15.1 Å². The molecular formula is C16H22N4O3S. The molecule has 0 aliphatic rings. The molecular weight excluding hydrogens is 328 g/mol. The first-order chi connectivity index (χ1) is 11.5. The van der Waals surface area contributed by atoms with Crippen molar-refractivity contribution in [2.75, 3.05) is 25.1 Å². The van der Waals surface area contributed by atoms with Gasteiger partial charge in [-0.05, 0) is 12.1 Å². The van der Waals surface area contributed by atoms with E-state index in [1.54, 1.807) is 20.2 Å². The maximum atomic E-state index is 11.5. The molecule has 0 aliphatic carbocycles. The van der Waals surface area contributed by atoms with Gasteiger partial charge in [0, 0.05) is 24.9 Å². The zero-order chi connectivity index (χ0) is 17.4. The third kappa shape index (κ3) is 5.38. The molecule has 0 aliphatic heterocycles. The monoisotopic (exact) mass is 350 g/mol. The fourth-order valence-corrected chi connectivity index (χ4v) is 2.67. The Balaban J connectivity index is 1.85. The van der Waals surface area contributed by atoms with Gasteiger partial charge in [-0.15, -0.1) is 0 Å². The van der Waals surface area contributed by atoms with E-state index >= 15 is 0 Å². The molecule has 1 heterocycles.